The van der Waals surface area contributed by atoms with Crippen LogP contribution in [0.2, 0.25) is 0 Å². The summed E-state index contributed by atoms with van der Waals surface area (Å²) in [5, 5.41) is 3.56. The van der Waals surface area contributed by atoms with E-state index in [-0.39, 0.29) is 5.54 Å². The molecule has 1 aromatic rings. The molecule has 1 heterocycles. The fourth-order valence-electron chi connectivity index (χ4n) is 2.73. The maximum absolute atomic E-state index is 3.56. The van der Waals surface area contributed by atoms with Crippen molar-refractivity contribution in [3.8, 4) is 0 Å². The summed E-state index contributed by atoms with van der Waals surface area (Å²) in [6.07, 6.45) is 5.09. The van der Waals surface area contributed by atoms with Gasteiger partial charge in [0, 0.05) is 24.3 Å². The van der Waals surface area contributed by atoms with Gasteiger partial charge in [-0.15, -0.1) is 0 Å². The number of hydrogen-bond acceptors (Lipinski definition) is 2. The van der Waals surface area contributed by atoms with Gasteiger partial charge in [-0.05, 0) is 64.6 Å². The first-order chi connectivity index (χ1) is 9.06. The zero-order valence-corrected chi connectivity index (χ0v) is 12.7. The normalized spacial score (nSPS) is 15.4. The van der Waals surface area contributed by atoms with Gasteiger partial charge in [0.15, 0.2) is 0 Å². The smallest absolute Gasteiger partial charge is 0.0398 e. The lowest BCUT2D eigenvalue weighted by atomic mass is 10.0. The zero-order valence-electron chi connectivity index (χ0n) is 12.7. The average molecular weight is 260 g/mol. The lowest BCUT2D eigenvalue weighted by Gasteiger charge is -2.31. The number of nitrogens with zero attached hydrogens (tertiary/aromatic N) is 1. The van der Waals surface area contributed by atoms with Crippen molar-refractivity contribution in [3.63, 3.8) is 0 Å². The van der Waals surface area contributed by atoms with Crippen molar-refractivity contribution in [1.29, 1.82) is 0 Å². The molecule has 0 atom stereocenters. The molecule has 0 saturated heterocycles. The van der Waals surface area contributed by atoms with E-state index in [1.165, 1.54) is 50.0 Å². The highest BCUT2D eigenvalue weighted by molar-refractivity contribution is 5.55. The van der Waals surface area contributed by atoms with Crippen LogP contribution in [-0.2, 0) is 6.42 Å². The Morgan fingerprint density at radius 2 is 1.95 bits per heavy atom. The monoisotopic (exact) mass is 260 g/mol. The summed E-state index contributed by atoms with van der Waals surface area (Å²) in [5.41, 5.74) is 3.25. The van der Waals surface area contributed by atoms with Crippen LogP contribution in [0.4, 0.5) is 5.69 Å². The van der Waals surface area contributed by atoms with E-state index in [1.54, 1.807) is 0 Å². The van der Waals surface area contributed by atoms with Gasteiger partial charge in [0.25, 0.3) is 0 Å². The molecule has 19 heavy (non-hydrogen) atoms. The van der Waals surface area contributed by atoms with Gasteiger partial charge in [0.2, 0.25) is 0 Å². The van der Waals surface area contributed by atoms with Crippen LogP contribution < -0.4 is 10.2 Å². The van der Waals surface area contributed by atoms with Gasteiger partial charge < -0.3 is 10.2 Å². The molecule has 0 unspecified atom stereocenters. The molecule has 0 fully saturated rings. The third kappa shape index (κ3) is 4.54. The minimum Gasteiger partial charge on any atom is -0.371 e. The summed E-state index contributed by atoms with van der Waals surface area (Å²) in [5.74, 6) is 0. The first-order valence-corrected chi connectivity index (χ1v) is 7.64. The van der Waals surface area contributed by atoms with Crippen molar-refractivity contribution in [2.24, 2.45) is 0 Å². The Morgan fingerprint density at radius 3 is 2.74 bits per heavy atom. The second-order valence-electron chi connectivity index (χ2n) is 6.60. The van der Waals surface area contributed by atoms with Crippen LogP contribution in [0.1, 0.15) is 45.6 Å². The number of unbranched alkanes of at least 4 members (excludes halogenated alkanes) is 1. The Bertz CT molecular complexity index is 392. The number of rotatable bonds is 5. The first-order valence-electron chi connectivity index (χ1n) is 7.64. The molecule has 0 aliphatic carbocycles. The molecule has 0 saturated carbocycles. The predicted octanol–water partition coefficient (Wildman–Crippen LogP) is 3.61. The van der Waals surface area contributed by atoms with Crippen molar-refractivity contribution < 1.29 is 0 Å². The van der Waals surface area contributed by atoms with Crippen molar-refractivity contribution in [2.75, 3.05) is 24.5 Å². The summed E-state index contributed by atoms with van der Waals surface area (Å²) in [6, 6.07) is 8.89. The Balaban J connectivity index is 1.75. The van der Waals surface area contributed by atoms with Crippen LogP contribution >= 0.6 is 0 Å². The average Bonchev–Trinajstić information content (AvgIpc) is 2.37. The standard InChI is InChI=1S/C17H28N2/c1-17(2,3)18-12-6-7-13-19-14-8-10-15-9-4-5-11-16(15)19/h4-5,9,11,18H,6-8,10,12-14H2,1-3H3. The largest absolute Gasteiger partial charge is 0.371 e. The molecular formula is C17H28N2. The van der Waals surface area contributed by atoms with Gasteiger partial charge in [0.1, 0.15) is 0 Å². The molecule has 1 aliphatic heterocycles. The quantitative estimate of drug-likeness (QED) is 0.814. The Hall–Kier alpha value is -1.02. The molecule has 0 spiro atoms. The maximum atomic E-state index is 3.56. The second kappa shape index (κ2) is 6.42. The van der Waals surface area contributed by atoms with Crippen molar-refractivity contribution >= 4 is 5.69 Å². The van der Waals surface area contributed by atoms with Gasteiger partial charge in [-0.25, -0.2) is 0 Å². The highest BCUT2D eigenvalue weighted by Crippen LogP contribution is 2.26. The summed E-state index contributed by atoms with van der Waals surface area (Å²) in [6.45, 7) is 10.2. The number of para-hydroxylation sites is 1. The van der Waals surface area contributed by atoms with Crippen molar-refractivity contribution in [3.05, 3.63) is 29.8 Å². The highest BCUT2D eigenvalue weighted by Gasteiger charge is 2.15. The van der Waals surface area contributed by atoms with Crippen LogP contribution in [0, 0.1) is 0 Å². The second-order valence-corrected chi connectivity index (χ2v) is 6.60. The maximum Gasteiger partial charge on any atom is 0.0398 e. The number of hydrogen-bond donors (Lipinski definition) is 1. The van der Waals surface area contributed by atoms with Crippen LogP contribution in [0.25, 0.3) is 0 Å². The summed E-state index contributed by atoms with van der Waals surface area (Å²) < 4.78 is 0. The van der Waals surface area contributed by atoms with E-state index in [4.69, 9.17) is 0 Å². The van der Waals surface area contributed by atoms with Crippen molar-refractivity contribution in [2.45, 2.75) is 52.0 Å². The first kappa shape index (κ1) is 14.4. The van der Waals surface area contributed by atoms with E-state index in [0.29, 0.717) is 0 Å². The van der Waals surface area contributed by atoms with Gasteiger partial charge in [-0.2, -0.15) is 0 Å². The fourth-order valence-corrected chi connectivity index (χ4v) is 2.73. The van der Waals surface area contributed by atoms with Gasteiger partial charge in [-0.3, -0.25) is 0 Å². The molecule has 2 rings (SSSR count). The minimum atomic E-state index is 0.248. The zero-order chi connectivity index (χ0) is 13.7. The number of benzene rings is 1. The van der Waals surface area contributed by atoms with E-state index in [9.17, 15) is 0 Å². The summed E-state index contributed by atoms with van der Waals surface area (Å²) in [7, 11) is 0. The minimum absolute atomic E-state index is 0.248. The van der Waals surface area contributed by atoms with E-state index >= 15 is 0 Å². The molecule has 2 nitrogen and oxygen atoms in total. The molecule has 106 valence electrons. The number of anilines is 1. The Kier molecular flexibility index (Phi) is 4.87. The van der Waals surface area contributed by atoms with E-state index in [2.05, 4.69) is 55.3 Å². The number of fused-ring (bicyclic) bond motifs is 1. The lowest BCUT2D eigenvalue weighted by Crippen LogP contribution is -2.37. The van der Waals surface area contributed by atoms with E-state index in [0.717, 1.165) is 6.54 Å². The molecule has 1 aliphatic rings. The van der Waals surface area contributed by atoms with Crippen LogP contribution in [-0.4, -0.2) is 25.2 Å². The molecule has 0 amide bonds. The predicted molar refractivity (Wildman–Crippen MR) is 84.0 cm³/mol. The SMILES string of the molecule is CC(C)(C)NCCCCN1CCCc2ccccc21. The van der Waals surface area contributed by atoms with Crippen LogP contribution in [0.15, 0.2) is 24.3 Å². The molecule has 1 N–H and O–H groups in total. The molecule has 0 aromatic heterocycles. The van der Waals surface area contributed by atoms with E-state index in [1.807, 2.05) is 0 Å². The number of nitrogens with one attached hydrogen (secondary N) is 1. The molecular weight excluding hydrogens is 232 g/mol. The summed E-state index contributed by atoms with van der Waals surface area (Å²) in [4.78, 5) is 2.57. The van der Waals surface area contributed by atoms with Crippen LogP contribution in [0.5, 0.6) is 0 Å². The topological polar surface area (TPSA) is 15.3 Å². The third-order valence-corrected chi connectivity index (χ3v) is 3.72. The Labute approximate surface area is 118 Å². The highest BCUT2D eigenvalue weighted by atomic mass is 15.1. The van der Waals surface area contributed by atoms with Gasteiger partial charge in [-0.1, -0.05) is 18.2 Å². The lowest BCUT2D eigenvalue weighted by molar-refractivity contribution is 0.418. The number of aryl methyl sites for hydroxylation is 1. The molecule has 2 heteroatoms. The van der Waals surface area contributed by atoms with E-state index < -0.39 is 0 Å². The molecule has 0 radical (unpaired) electrons. The molecule has 0 bridgehead atoms. The van der Waals surface area contributed by atoms with Gasteiger partial charge >= 0.3 is 0 Å². The molecule has 1 aromatic carbocycles. The van der Waals surface area contributed by atoms with Crippen molar-refractivity contribution in [1.82, 2.24) is 5.32 Å². The Morgan fingerprint density at radius 1 is 1.16 bits per heavy atom. The summed E-state index contributed by atoms with van der Waals surface area (Å²) >= 11 is 0. The van der Waals surface area contributed by atoms with Crippen LogP contribution in [0.3, 0.4) is 0 Å². The third-order valence-electron chi connectivity index (χ3n) is 3.72. The van der Waals surface area contributed by atoms with Gasteiger partial charge in [0.05, 0.1) is 0 Å². The fraction of sp³-hybridized carbons (Fsp3) is 0.647.